The van der Waals surface area contributed by atoms with Crippen molar-refractivity contribution in [2.24, 2.45) is 0 Å². The summed E-state index contributed by atoms with van der Waals surface area (Å²) in [5.74, 6) is -0.429. The van der Waals surface area contributed by atoms with Gasteiger partial charge in [-0.25, -0.2) is 0 Å². The Kier molecular flexibility index (Phi) is 6.04. The molecule has 0 saturated heterocycles. The molecule has 3 aromatic rings. The van der Waals surface area contributed by atoms with Gasteiger partial charge in [-0.1, -0.05) is 43.3 Å². The zero-order chi connectivity index (χ0) is 20.1. The molecule has 0 aliphatic carbocycles. The summed E-state index contributed by atoms with van der Waals surface area (Å²) in [6, 6.07) is 15.6. The van der Waals surface area contributed by atoms with Crippen molar-refractivity contribution in [2.75, 3.05) is 11.9 Å². The molecule has 3 rings (SSSR count). The molecule has 2 amide bonds. The Morgan fingerprint density at radius 3 is 2.46 bits per heavy atom. The number of aromatic nitrogens is 1. The molecule has 0 aliphatic rings. The molecule has 2 N–H and O–H groups in total. The Morgan fingerprint density at radius 2 is 1.68 bits per heavy atom. The van der Waals surface area contributed by atoms with Crippen LogP contribution in [0, 0.1) is 13.8 Å². The molecule has 28 heavy (non-hydrogen) atoms. The third-order valence-electron chi connectivity index (χ3n) is 4.94. The van der Waals surface area contributed by atoms with Crippen LogP contribution in [-0.2, 0) is 22.4 Å². The van der Waals surface area contributed by atoms with E-state index in [-0.39, 0.29) is 24.8 Å². The molecule has 5 nitrogen and oxygen atoms in total. The van der Waals surface area contributed by atoms with E-state index in [0.717, 1.165) is 45.4 Å². The first-order valence-corrected chi connectivity index (χ1v) is 9.49. The predicted molar refractivity (Wildman–Crippen MR) is 112 cm³/mol. The number of hydrogen-bond acceptors (Lipinski definition) is 3. The highest BCUT2D eigenvalue weighted by molar-refractivity contribution is 5.95. The topological polar surface area (TPSA) is 71.1 Å². The van der Waals surface area contributed by atoms with E-state index in [1.54, 1.807) is 0 Å². The summed E-state index contributed by atoms with van der Waals surface area (Å²) in [6.07, 6.45) is 1.03. The van der Waals surface area contributed by atoms with Crippen molar-refractivity contribution in [1.29, 1.82) is 0 Å². The average molecular weight is 375 g/mol. The summed E-state index contributed by atoms with van der Waals surface area (Å²) in [5.41, 5.74) is 5.58. The first-order chi connectivity index (χ1) is 13.5. The maximum atomic E-state index is 12.4. The first-order valence-electron chi connectivity index (χ1n) is 9.49. The number of anilines is 1. The van der Waals surface area contributed by atoms with Gasteiger partial charge in [0.1, 0.15) is 0 Å². The molecule has 144 valence electrons. The third-order valence-corrected chi connectivity index (χ3v) is 4.94. The van der Waals surface area contributed by atoms with Crippen LogP contribution in [0.3, 0.4) is 0 Å². The maximum Gasteiger partial charge on any atom is 0.243 e. The second kappa shape index (κ2) is 8.65. The van der Waals surface area contributed by atoms with E-state index in [2.05, 4.69) is 15.6 Å². The average Bonchev–Trinajstić information content (AvgIpc) is 2.70. The number of benzene rings is 2. The highest BCUT2D eigenvalue weighted by Gasteiger charge is 2.14. The highest BCUT2D eigenvalue weighted by atomic mass is 16.2. The number of nitrogens with one attached hydrogen (secondary N) is 2. The normalized spacial score (nSPS) is 10.7. The lowest BCUT2D eigenvalue weighted by atomic mass is 9.99. The first kappa shape index (κ1) is 19.5. The molecule has 0 spiro atoms. The van der Waals surface area contributed by atoms with E-state index in [4.69, 9.17) is 0 Å². The molecule has 0 radical (unpaired) electrons. The Morgan fingerprint density at radius 1 is 0.964 bits per heavy atom. The number of amides is 2. The Hall–Kier alpha value is -3.21. The number of aryl methyl sites for hydroxylation is 3. The van der Waals surface area contributed by atoms with Crippen molar-refractivity contribution in [3.8, 4) is 0 Å². The molecule has 1 aromatic heterocycles. The summed E-state index contributed by atoms with van der Waals surface area (Å²) in [7, 11) is 0. The van der Waals surface area contributed by atoms with Gasteiger partial charge >= 0.3 is 0 Å². The van der Waals surface area contributed by atoms with Crippen LogP contribution in [0.4, 0.5) is 5.69 Å². The van der Waals surface area contributed by atoms with Gasteiger partial charge in [-0.2, -0.15) is 0 Å². The van der Waals surface area contributed by atoms with Gasteiger partial charge < -0.3 is 10.6 Å². The van der Waals surface area contributed by atoms with E-state index in [0.29, 0.717) is 0 Å². The minimum atomic E-state index is -0.237. The zero-order valence-corrected chi connectivity index (χ0v) is 16.5. The number of carbonyl (C=O) groups excluding carboxylic acids is 2. The van der Waals surface area contributed by atoms with Crippen LogP contribution in [0.5, 0.6) is 0 Å². The van der Waals surface area contributed by atoms with Crippen LogP contribution >= 0.6 is 0 Å². The zero-order valence-electron chi connectivity index (χ0n) is 16.5. The molecular formula is C23H25N3O2. The minimum Gasteiger partial charge on any atom is -0.347 e. The Bertz CT molecular complexity index is 1030. The van der Waals surface area contributed by atoms with Gasteiger partial charge in [-0.3, -0.25) is 14.6 Å². The van der Waals surface area contributed by atoms with E-state index in [1.165, 1.54) is 0 Å². The van der Waals surface area contributed by atoms with E-state index in [1.807, 2.05) is 69.3 Å². The largest absolute Gasteiger partial charge is 0.347 e. The van der Waals surface area contributed by atoms with Crippen molar-refractivity contribution in [1.82, 2.24) is 10.3 Å². The van der Waals surface area contributed by atoms with Crippen molar-refractivity contribution < 1.29 is 9.59 Å². The predicted octanol–water partition coefficient (Wildman–Crippen LogP) is 3.71. The molecule has 0 unspecified atom stereocenters. The van der Waals surface area contributed by atoms with Crippen molar-refractivity contribution in [3.05, 3.63) is 70.9 Å². The number of nitrogens with zero attached hydrogens (tertiary/aromatic N) is 1. The molecule has 0 fully saturated rings. The summed E-state index contributed by atoms with van der Waals surface area (Å²) in [5, 5.41) is 6.62. The summed E-state index contributed by atoms with van der Waals surface area (Å²) < 4.78 is 0. The maximum absolute atomic E-state index is 12.4. The lowest BCUT2D eigenvalue weighted by Crippen LogP contribution is -2.34. The van der Waals surface area contributed by atoms with Crippen LogP contribution in [0.25, 0.3) is 10.9 Å². The number of pyridine rings is 1. The number of hydrogen-bond donors (Lipinski definition) is 2. The van der Waals surface area contributed by atoms with Gasteiger partial charge in [0.15, 0.2) is 0 Å². The van der Waals surface area contributed by atoms with Gasteiger partial charge in [-0.15, -0.1) is 0 Å². The number of carbonyl (C=O) groups is 2. The van der Waals surface area contributed by atoms with Gasteiger partial charge in [0, 0.05) is 16.8 Å². The van der Waals surface area contributed by atoms with Crippen LogP contribution in [-0.4, -0.2) is 23.3 Å². The molecule has 0 aliphatic heterocycles. The van der Waals surface area contributed by atoms with E-state index >= 15 is 0 Å². The van der Waals surface area contributed by atoms with Crippen LogP contribution < -0.4 is 10.6 Å². The number of fused-ring (bicyclic) bond motifs is 1. The van der Waals surface area contributed by atoms with Gasteiger partial charge in [0.2, 0.25) is 11.8 Å². The van der Waals surface area contributed by atoms with Crippen molar-refractivity contribution in [3.63, 3.8) is 0 Å². The minimum absolute atomic E-state index is 0.0595. The quantitative estimate of drug-likeness (QED) is 0.690. The second-order valence-electron chi connectivity index (χ2n) is 6.83. The third kappa shape index (κ3) is 4.36. The molecule has 2 aromatic carbocycles. The fourth-order valence-corrected chi connectivity index (χ4v) is 3.38. The molecular weight excluding hydrogens is 350 g/mol. The van der Waals surface area contributed by atoms with Crippen molar-refractivity contribution in [2.45, 2.75) is 33.6 Å². The highest BCUT2D eigenvalue weighted by Crippen LogP contribution is 2.22. The fourth-order valence-electron chi connectivity index (χ4n) is 3.38. The van der Waals surface area contributed by atoms with Crippen molar-refractivity contribution >= 4 is 28.4 Å². The second-order valence-corrected chi connectivity index (χ2v) is 6.83. The fraction of sp³-hybridized carbons (Fsp3) is 0.261. The monoisotopic (exact) mass is 375 g/mol. The lowest BCUT2D eigenvalue weighted by molar-refractivity contribution is -0.123. The SMILES string of the molecule is CCc1ccccc1NC(=O)CNC(=O)Cc1c(C)nc2ccccc2c1C. The molecule has 5 heteroatoms. The van der Waals surface area contributed by atoms with E-state index in [9.17, 15) is 9.59 Å². The van der Waals surface area contributed by atoms with Gasteiger partial charge in [-0.05, 0) is 49.1 Å². The molecule has 1 heterocycles. The molecule has 0 bridgehead atoms. The summed E-state index contributed by atoms with van der Waals surface area (Å²) in [4.78, 5) is 29.2. The smallest absolute Gasteiger partial charge is 0.243 e. The Labute approximate surface area is 165 Å². The number of para-hydroxylation sites is 2. The lowest BCUT2D eigenvalue weighted by Gasteiger charge is -2.13. The van der Waals surface area contributed by atoms with Crippen LogP contribution in [0.2, 0.25) is 0 Å². The Balaban J connectivity index is 1.63. The van der Waals surface area contributed by atoms with E-state index < -0.39 is 0 Å². The standard InChI is InChI=1S/C23H25N3O2/c1-4-17-9-5-7-11-20(17)26-23(28)14-24-22(27)13-19-15(2)18-10-6-8-12-21(18)25-16(19)3/h5-12H,4,13-14H2,1-3H3,(H,24,27)(H,26,28). The molecule has 0 saturated carbocycles. The molecule has 0 atom stereocenters. The number of rotatable bonds is 6. The van der Waals surface area contributed by atoms with Crippen LogP contribution in [0.15, 0.2) is 48.5 Å². The van der Waals surface area contributed by atoms with Gasteiger partial charge in [0.05, 0.1) is 18.5 Å². The van der Waals surface area contributed by atoms with Crippen LogP contribution in [0.1, 0.15) is 29.3 Å². The summed E-state index contributed by atoms with van der Waals surface area (Å²) >= 11 is 0. The van der Waals surface area contributed by atoms with Gasteiger partial charge in [0.25, 0.3) is 0 Å². The summed E-state index contributed by atoms with van der Waals surface area (Å²) in [6.45, 7) is 5.90.